The molecule has 1 aromatic carbocycles. The van der Waals surface area contributed by atoms with Crippen molar-refractivity contribution in [3.05, 3.63) is 59.7 Å². The quantitative estimate of drug-likeness (QED) is 0.466. The van der Waals surface area contributed by atoms with E-state index in [1.165, 1.54) is 36.8 Å². The Balaban J connectivity index is 1.41. The fraction of sp³-hybridized carbons (Fsp3) is 0.688. The van der Waals surface area contributed by atoms with Crippen molar-refractivity contribution in [2.45, 2.75) is 72.6 Å². The highest BCUT2D eigenvalue weighted by Crippen LogP contribution is 2.79. The Morgan fingerprint density at radius 3 is 2.50 bits per heavy atom. The zero-order valence-electron chi connectivity index (χ0n) is 21.9. The highest BCUT2D eigenvalue weighted by molar-refractivity contribution is 5.48. The van der Waals surface area contributed by atoms with Gasteiger partial charge in [-0.2, -0.15) is 0 Å². The lowest BCUT2D eigenvalue weighted by molar-refractivity contribution is 0.00909. The van der Waals surface area contributed by atoms with Crippen LogP contribution < -0.4 is 0 Å². The molecule has 4 aliphatic carbocycles. The van der Waals surface area contributed by atoms with E-state index in [2.05, 4.69) is 70.7 Å². The van der Waals surface area contributed by atoms with Crippen molar-refractivity contribution in [2.75, 3.05) is 13.2 Å². The summed E-state index contributed by atoms with van der Waals surface area (Å²) in [6.45, 7) is 15.1. The van der Waals surface area contributed by atoms with Gasteiger partial charge in [0.2, 0.25) is 0 Å². The Labute approximate surface area is 207 Å². The summed E-state index contributed by atoms with van der Waals surface area (Å²) in [5.74, 6) is 3.51. The second-order valence-corrected chi connectivity index (χ2v) is 13.3. The number of hydrogen-bond donors (Lipinski definition) is 2. The fourth-order valence-corrected chi connectivity index (χ4v) is 9.61. The molecule has 34 heavy (non-hydrogen) atoms. The largest absolute Gasteiger partial charge is 0.396 e. The van der Waals surface area contributed by atoms with Crippen LogP contribution in [0.3, 0.4) is 0 Å². The van der Waals surface area contributed by atoms with Gasteiger partial charge >= 0.3 is 0 Å². The molecule has 1 spiro atoms. The lowest BCUT2D eigenvalue weighted by Crippen LogP contribution is -2.49. The van der Waals surface area contributed by atoms with Gasteiger partial charge < -0.3 is 10.2 Å². The van der Waals surface area contributed by atoms with Crippen molar-refractivity contribution in [3.8, 4) is 0 Å². The van der Waals surface area contributed by atoms with Gasteiger partial charge in [0.05, 0.1) is 0 Å². The maximum atomic E-state index is 10.2. The van der Waals surface area contributed by atoms with Gasteiger partial charge in [0, 0.05) is 13.2 Å². The summed E-state index contributed by atoms with van der Waals surface area (Å²) in [6, 6.07) is 10.7. The first kappa shape index (κ1) is 24.3. The monoisotopic (exact) mass is 462 g/mol. The molecule has 3 saturated carbocycles. The molecule has 4 aliphatic rings. The fourth-order valence-electron chi connectivity index (χ4n) is 9.61. The van der Waals surface area contributed by atoms with Crippen LogP contribution in [0.4, 0.5) is 0 Å². The standard InChI is InChI=1S/C32H46O2/c1-21-15-27-31(5,29-28(21)30(29,3)4)22(2)26(12-14-33)19-32(27)13-11-24(18-32)17-25(20-34)16-23-9-7-6-8-10-23/h6-10,15,22,24-26,28-29,33-34H,1,11-14,16-20H2,2-5H3/t22-,24+,25-,26+,28+,29+,31-,32+/m1/s1. The van der Waals surface area contributed by atoms with E-state index in [-0.39, 0.29) is 17.4 Å². The molecule has 0 heterocycles. The maximum Gasteiger partial charge on any atom is 0.0462 e. The number of fused-ring (bicyclic) bond motifs is 4. The Hall–Kier alpha value is -1.38. The Kier molecular flexibility index (Phi) is 6.17. The van der Waals surface area contributed by atoms with Gasteiger partial charge in [-0.05, 0) is 102 Å². The number of hydrogen-bond acceptors (Lipinski definition) is 2. The molecule has 0 bridgehead atoms. The molecule has 0 unspecified atom stereocenters. The first-order valence-electron chi connectivity index (χ1n) is 13.8. The number of rotatable bonds is 7. The van der Waals surface area contributed by atoms with E-state index in [1.54, 1.807) is 5.57 Å². The van der Waals surface area contributed by atoms with Crippen LogP contribution in [0.5, 0.6) is 0 Å². The third-order valence-electron chi connectivity index (χ3n) is 11.2. The first-order chi connectivity index (χ1) is 16.2. The third kappa shape index (κ3) is 3.66. The smallest absolute Gasteiger partial charge is 0.0462 e. The van der Waals surface area contributed by atoms with Crippen molar-refractivity contribution in [1.82, 2.24) is 0 Å². The van der Waals surface area contributed by atoms with Crippen LogP contribution in [-0.2, 0) is 6.42 Å². The Morgan fingerprint density at radius 1 is 1.09 bits per heavy atom. The average molecular weight is 463 g/mol. The maximum absolute atomic E-state index is 10.2. The van der Waals surface area contributed by atoms with E-state index < -0.39 is 0 Å². The number of allylic oxidation sites excluding steroid dienone is 3. The molecule has 0 aromatic heterocycles. The molecule has 186 valence electrons. The molecular formula is C32H46O2. The van der Waals surface area contributed by atoms with Crippen LogP contribution in [0.2, 0.25) is 0 Å². The molecule has 1 aromatic rings. The number of aliphatic hydroxyl groups is 2. The van der Waals surface area contributed by atoms with Crippen LogP contribution >= 0.6 is 0 Å². The SMILES string of the molecule is C=C1C=C2[C@]3(CC[C@@H](C[C@H](CO)Cc4ccccc4)C3)C[C@H](CCO)[C@@H](C)[C@@]2(C)[C@H]2[C@H]1C2(C)C. The van der Waals surface area contributed by atoms with Crippen molar-refractivity contribution >= 4 is 0 Å². The first-order valence-corrected chi connectivity index (χ1v) is 13.8. The van der Waals surface area contributed by atoms with E-state index in [4.69, 9.17) is 0 Å². The molecule has 2 nitrogen and oxygen atoms in total. The number of aliphatic hydroxyl groups excluding tert-OH is 2. The van der Waals surface area contributed by atoms with Crippen LogP contribution in [0.25, 0.3) is 0 Å². The lowest BCUT2D eigenvalue weighted by Gasteiger charge is -2.57. The summed E-state index contributed by atoms with van der Waals surface area (Å²) >= 11 is 0. The summed E-state index contributed by atoms with van der Waals surface area (Å²) in [6.07, 6.45) is 10.6. The molecule has 0 saturated heterocycles. The van der Waals surface area contributed by atoms with Gasteiger partial charge in [0.25, 0.3) is 0 Å². The van der Waals surface area contributed by atoms with Crippen LogP contribution in [0.1, 0.15) is 71.8 Å². The molecule has 2 heteroatoms. The molecule has 0 aliphatic heterocycles. The summed E-state index contributed by atoms with van der Waals surface area (Å²) < 4.78 is 0. The Bertz CT molecular complexity index is 945. The summed E-state index contributed by atoms with van der Waals surface area (Å²) in [4.78, 5) is 0. The minimum absolute atomic E-state index is 0.211. The van der Waals surface area contributed by atoms with Crippen LogP contribution in [-0.4, -0.2) is 23.4 Å². The second-order valence-electron chi connectivity index (χ2n) is 13.3. The van der Waals surface area contributed by atoms with Gasteiger partial charge in [-0.25, -0.2) is 0 Å². The van der Waals surface area contributed by atoms with Crippen molar-refractivity contribution < 1.29 is 10.2 Å². The molecular weight excluding hydrogens is 416 g/mol. The lowest BCUT2D eigenvalue weighted by atomic mass is 9.47. The van der Waals surface area contributed by atoms with Gasteiger partial charge in [-0.3, -0.25) is 0 Å². The van der Waals surface area contributed by atoms with Crippen molar-refractivity contribution in [3.63, 3.8) is 0 Å². The topological polar surface area (TPSA) is 40.5 Å². The Morgan fingerprint density at radius 2 is 1.82 bits per heavy atom. The average Bonchev–Trinajstić information content (AvgIpc) is 3.20. The summed E-state index contributed by atoms with van der Waals surface area (Å²) in [5, 5.41) is 20.2. The van der Waals surface area contributed by atoms with Gasteiger partial charge in [0.15, 0.2) is 0 Å². The van der Waals surface area contributed by atoms with Gasteiger partial charge in [-0.15, -0.1) is 0 Å². The van der Waals surface area contributed by atoms with E-state index in [1.807, 2.05) is 0 Å². The summed E-state index contributed by atoms with van der Waals surface area (Å²) in [5.41, 5.74) is 5.22. The second kappa shape index (κ2) is 8.63. The molecule has 3 fully saturated rings. The van der Waals surface area contributed by atoms with Gasteiger partial charge in [-0.1, -0.05) is 81.8 Å². The van der Waals surface area contributed by atoms with Crippen LogP contribution in [0, 0.1) is 51.8 Å². The highest BCUT2D eigenvalue weighted by Gasteiger charge is 2.72. The van der Waals surface area contributed by atoms with E-state index in [0.29, 0.717) is 47.5 Å². The zero-order chi connectivity index (χ0) is 24.3. The van der Waals surface area contributed by atoms with E-state index in [9.17, 15) is 10.2 Å². The minimum Gasteiger partial charge on any atom is -0.396 e. The van der Waals surface area contributed by atoms with Gasteiger partial charge in [0.1, 0.15) is 0 Å². The predicted molar refractivity (Wildman–Crippen MR) is 140 cm³/mol. The molecule has 8 atom stereocenters. The third-order valence-corrected chi connectivity index (χ3v) is 11.2. The molecule has 5 rings (SSSR count). The number of benzene rings is 1. The predicted octanol–water partition coefficient (Wildman–Crippen LogP) is 6.83. The zero-order valence-corrected chi connectivity index (χ0v) is 21.9. The van der Waals surface area contributed by atoms with Crippen molar-refractivity contribution in [2.24, 2.45) is 51.8 Å². The molecule has 2 N–H and O–H groups in total. The van der Waals surface area contributed by atoms with E-state index >= 15 is 0 Å². The molecule has 0 amide bonds. The van der Waals surface area contributed by atoms with E-state index in [0.717, 1.165) is 19.3 Å². The normalized spacial score (nSPS) is 41.1. The summed E-state index contributed by atoms with van der Waals surface area (Å²) in [7, 11) is 0. The van der Waals surface area contributed by atoms with Crippen LogP contribution in [0.15, 0.2) is 54.1 Å². The van der Waals surface area contributed by atoms with Crippen molar-refractivity contribution in [1.29, 1.82) is 0 Å². The minimum atomic E-state index is 0.211. The molecule has 0 radical (unpaired) electrons. The highest BCUT2D eigenvalue weighted by atomic mass is 16.3.